The molecule has 2 nitrogen and oxygen atoms in total. The summed E-state index contributed by atoms with van der Waals surface area (Å²) in [6.45, 7) is 0. The Kier molecular flexibility index (Phi) is 2.54. The predicted octanol–water partition coefficient (Wildman–Crippen LogP) is 4.46. The monoisotopic (exact) mass is 308 g/mol. The fourth-order valence-corrected chi connectivity index (χ4v) is 3.73. The summed E-state index contributed by atoms with van der Waals surface area (Å²) in [6, 6.07) is 22.5. The lowest BCUT2D eigenvalue weighted by molar-refractivity contribution is 1.70. The van der Waals surface area contributed by atoms with E-state index < -0.39 is 0 Å². The summed E-state index contributed by atoms with van der Waals surface area (Å²) in [4.78, 5) is 26.5. The minimum atomic E-state index is -0.0291. The summed E-state index contributed by atoms with van der Waals surface area (Å²) in [7, 11) is 0. The Balaban J connectivity index is 2.35. The Labute approximate surface area is 136 Å². The molecule has 0 radical (unpaired) electrons. The van der Waals surface area contributed by atoms with Crippen molar-refractivity contribution in [1.29, 1.82) is 0 Å². The molecule has 0 amide bonds. The highest BCUT2D eigenvalue weighted by Gasteiger charge is 2.12. The van der Waals surface area contributed by atoms with Gasteiger partial charge < -0.3 is 0 Å². The average Bonchev–Trinajstić information content (AvgIpc) is 2.64. The number of hydrogen-bond donors (Lipinski definition) is 0. The van der Waals surface area contributed by atoms with Crippen LogP contribution in [0, 0.1) is 0 Å². The fraction of sp³-hybridized carbons (Fsp3) is 0. The average molecular weight is 308 g/mol. The molecule has 0 fully saturated rings. The maximum absolute atomic E-state index is 13.2. The van der Waals surface area contributed by atoms with Crippen LogP contribution in [-0.2, 0) is 0 Å². The van der Waals surface area contributed by atoms with Gasteiger partial charge in [-0.05, 0) is 10.8 Å². The highest BCUT2D eigenvalue weighted by Crippen LogP contribution is 2.26. The molecule has 0 bridgehead atoms. The van der Waals surface area contributed by atoms with Crippen molar-refractivity contribution in [2.75, 3.05) is 0 Å². The molecule has 5 aromatic rings. The smallest absolute Gasteiger partial charge is 0.194 e. The first kappa shape index (κ1) is 13.2. The van der Waals surface area contributed by atoms with Crippen molar-refractivity contribution in [2.45, 2.75) is 0 Å². The lowest BCUT2D eigenvalue weighted by atomic mass is 9.95. The molecule has 0 aromatic heterocycles. The molecule has 24 heavy (non-hydrogen) atoms. The molecule has 112 valence electrons. The molecule has 0 aliphatic rings. The summed E-state index contributed by atoms with van der Waals surface area (Å²) in [5.41, 5.74) is -0.0581. The lowest BCUT2D eigenvalue weighted by Crippen LogP contribution is -2.07. The van der Waals surface area contributed by atoms with Gasteiger partial charge >= 0.3 is 0 Å². The molecule has 0 unspecified atom stereocenters. The van der Waals surface area contributed by atoms with Crippen molar-refractivity contribution < 1.29 is 0 Å². The molecule has 0 aliphatic carbocycles. The van der Waals surface area contributed by atoms with Crippen LogP contribution in [0.4, 0.5) is 0 Å². The summed E-state index contributed by atoms with van der Waals surface area (Å²) in [5.74, 6) is 0. The molecule has 5 aromatic carbocycles. The molecular formula is C22H12O2. The highest BCUT2D eigenvalue weighted by atomic mass is 16.1. The van der Waals surface area contributed by atoms with Crippen molar-refractivity contribution >= 4 is 43.1 Å². The molecule has 0 heterocycles. The summed E-state index contributed by atoms with van der Waals surface area (Å²) in [6.07, 6.45) is 0. The van der Waals surface area contributed by atoms with Crippen LogP contribution in [0.3, 0.4) is 0 Å². The second-order valence-electron chi connectivity index (χ2n) is 6.08. The van der Waals surface area contributed by atoms with E-state index in [0.717, 1.165) is 21.5 Å². The van der Waals surface area contributed by atoms with Gasteiger partial charge in [-0.3, -0.25) is 9.59 Å². The van der Waals surface area contributed by atoms with Crippen LogP contribution < -0.4 is 10.9 Å². The van der Waals surface area contributed by atoms with E-state index in [9.17, 15) is 9.59 Å². The van der Waals surface area contributed by atoms with Crippen molar-refractivity contribution in [1.82, 2.24) is 0 Å². The van der Waals surface area contributed by atoms with Gasteiger partial charge in [0.1, 0.15) is 0 Å². The van der Waals surface area contributed by atoms with Gasteiger partial charge in [0.2, 0.25) is 0 Å². The second-order valence-corrected chi connectivity index (χ2v) is 6.08. The Morgan fingerprint density at radius 2 is 0.708 bits per heavy atom. The lowest BCUT2D eigenvalue weighted by Gasteiger charge is -2.06. The van der Waals surface area contributed by atoms with E-state index in [-0.39, 0.29) is 10.9 Å². The molecule has 0 atom stereocenters. The van der Waals surface area contributed by atoms with E-state index in [0.29, 0.717) is 21.5 Å². The zero-order valence-electron chi connectivity index (χ0n) is 12.7. The van der Waals surface area contributed by atoms with Crippen LogP contribution in [0.25, 0.3) is 43.1 Å². The predicted molar refractivity (Wildman–Crippen MR) is 100 cm³/mol. The molecule has 2 heteroatoms. The zero-order chi connectivity index (χ0) is 16.3. The van der Waals surface area contributed by atoms with Crippen molar-refractivity contribution in [3.63, 3.8) is 0 Å². The van der Waals surface area contributed by atoms with E-state index in [1.165, 1.54) is 0 Å². The van der Waals surface area contributed by atoms with E-state index in [2.05, 4.69) is 0 Å². The first-order chi connectivity index (χ1) is 11.8. The topological polar surface area (TPSA) is 34.1 Å². The number of hydrogen-bond acceptors (Lipinski definition) is 2. The van der Waals surface area contributed by atoms with Crippen LogP contribution in [0.2, 0.25) is 0 Å². The molecule has 0 N–H and O–H groups in total. The van der Waals surface area contributed by atoms with Gasteiger partial charge in [-0.25, -0.2) is 0 Å². The molecule has 0 aliphatic heterocycles. The van der Waals surface area contributed by atoms with Gasteiger partial charge in [-0.2, -0.15) is 0 Å². The van der Waals surface area contributed by atoms with Crippen molar-refractivity contribution in [2.24, 2.45) is 0 Å². The van der Waals surface area contributed by atoms with Gasteiger partial charge in [0.25, 0.3) is 0 Å². The Hall–Kier alpha value is -3.26. The standard InChI is InChI=1S/C22H12O2/c23-21-15-9-1-5-13-6-2-10-16(19(13)15)22(24)18-12-4-8-14-7-3-11-17(21)20(14)18/h1-12H. The number of benzene rings is 4. The molecule has 0 saturated carbocycles. The Morgan fingerprint density at radius 1 is 0.417 bits per heavy atom. The van der Waals surface area contributed by atoms with E-state index in [1.807, 2.05) is 72.8 Å². The molecule has 0 saturated heterocycles. The third kappa shape index (κ3) is 1.60. The summed E-state index contributed by atoms with van der Waals surface area (Å²) < 4.78 is 0. The van der Waals surface area contributed by atoms with Gasteiger partial charge in [-0.1, -0.05) is 72.8 Å². The van der Waals surface area contributed by atoms with Gasteiger partial charge in [0, 0.05) is 32.3 Å². The first-order valence-electron chi connectivity index (χ1n) is 7.88. The normalized spacial score (nSPS) is 11.7. The SMILES string of the molecule is O=c1c2cccc3cccc(c(=O)c4cccc5cccc1c54)c32. The van der Waals surface area contributed by atoms with E-state index in [1.54, 1.807) is 0 Å². The summed E-state index contributed by atoms with van der Waals surface area (Å²) in [5, 5.41) is 5.72. The second kappa shape index (κ2) is 4.62. The maximum atomic E-state index is 13.2. The maximum Gasteiger partial charge on any atom is 0.194 e. The van der Waals surface area contributed by atoms with Gasteiger partial charge in [-0.15, -0.1) is 0 Å². The highest BCUT2D eigenvalue weighted by molar-refractivity contribution is 6.17. The van der Waals surface area contributed by atoms with Crippen LogP contribution >= 0.6 is 0 Å². The fourth-order valence-electron chi connectivity index (χ4n) is 3.73. The number of rotatable bonds is 0. The first-order valence-corrected chi connectivity index (χ1v) is 7.88. The minimum Gasteiger partial charge on any atom is -0.289 e. The minimum absolute atomic E-state index is 0.0291. The quantitative estimate of drug-likeness (QED) is 0.423. The van der Waals surface area contributed by atoms with Crippen molar-refractivity contribution in [3.05, 3.63) is 93.2 Å². The van der Waals surface area contributed by atoms with Gasteiger partial charge in [0.15, 0.2) is 10.9 Å². The molecule has 5 rings (SSSR count). The largest absolute Gasteiger partial charge is 0.289 e. The van der Waals surface area contributed by atoms with Crippen molar-refractivity contribution in [3.8, 4) is 0 Å². The zero-order valence-corrected chi connectivity index (χ0v) is 12.7. The molecule has 0 spiro atoms. The Bertz CT molecular complexity index is 1180. The summed E-state index contributed by atoms with van der Waals surface area (Å²) >= 11 is 0. The molecular weight excluding hydrogens is 296 g/mol. The Morgan fingerprint density at radius 3 is 1.00 bits per heavy atom. The third-order valence-electron chi connectivity index (χ3n) is 4.79. The van der Waals surface area contributed by atoms with Gasteiger partial charge in [0.05, 0.1) is 0 Å². The van der Waals surface area contributed by atoms with Crippen LogP contribution in [0.1, 0.15) is 0 Å². The van der Waals surface area contributed by atoms with Crippen LogP contribution in [-0.4, -0.2) is 0 Å². The third-order valence-corrected chi connectivity index (χ3v) is 4.79. The van der Waals surface area contributed by atoms with E-state index >= 15 is 0 Å². The van der Waals surface area contributed by atoms with Crippen LogP contribution in [0.15, 0.2) is 82.4 Å². The van der Waals surface area contributed by atoms with E-state index in [4.69, 9.17) is 0 Å². The van der Waals surface area contributed by atoms with Crippen LogP contribution in [0.5, 0.6) is 0 Å².